The van der Waals surface area contributed by atoms with Crippen LogP contribution in [0.2, 0.25) is 0 Å². The minimum atomic E-state index is 0.326. The van der Waals surface area contributed by atoms with Crippen LogP contribution >= 0.6 is 0 Å². The van der Waals surface area contributed by atoms with Crippen LogP contribution in [0.5, 0.6) is 0 Å². The van der Waals surface area contributed by atoms with E-state index >= 15 is 0 Å². The van der Waals surface area contributed by atoms with E-state index in [1.165, 1.54) is 38.6 Å². The number of amidine groups is 1. The minimum Gasteiger partial charge on any atom is -0.388 e. The third-order valence-electron chi connectivity index (χ3n) is 3.50. The Kier molecular flexibility index (Phi) is 5.81. The molecule has 0 spiro atoms. The fourth-order valence-corrected chi connectivity index (χ4v) is 2.43. The number of rotatable bonds is 7. The second kappa shape index (κ2) is 6.89. The minimum absolute atomic E-state index is 0.326. The topological polar surface area (TPSA) is 53.1 Å². The van der Waals surface area contributed by atoms with Gasteiger partial charge in [-0.25, -0.2) is 0 Å². The molecule has 1 aliphatic rings. The normalized spacial score (nSPS) is 17.5. The summed E-state index contributed by atoms with van der Waals surface area (Å²) in [6.45, 7) is 6.71. The molecule has 0 aliphatic heterocycles. The second-order valence-electron chi connectivity index (χ2n) is 5.43. The van der Waals surface area contributed by atoms with Crippen LogP contribution in [-0.4, -0.2) is 29.9 Å². The van der Waals surface area contributed by atoms with Crippen LogP contribution in [0.4, 0.5) is 0 Å². The molecule has 1 rings (SSSR count). The fraction of sp³-hybridized carbons (Fsp3) is 0.923. The number of nitrogens with two attached hydrogens (primary N) is 1. The van der Waals surface area contributed by atoms with Crippen molar-refractivity contribution in [3.8, 4) is 0 Å². The maximum absolute atomic E-state index is 7.33. The lowest BCUT2D eigenvalue weighted by molar-refractivity contribution is 0.193. The largest absolute Gasteiger partial charge is 0.388 e. The molecular weight excluding hydrogens is 198 g/mol. The molecule has 0 bridgehead atoms. The van der Waals surface area contributed by atoms with E-state index in [0.717, 1.165) is 24.9 Å². The molecule has 3 nitrogen and oxygen atoms in total. The van der Waals surface area contributed by atoms with Crippen molar-refractivity contribution < 1.29 is 0 Å². The predicted molar refractivity (Wildman–Crippen MR) is 69.8 cm³/mol. The van der Waals surface area contributed by atoms with E-state index in [1.807, 2.05) is 0 Å². The molecule has 0 heterocycles. The average Bonchev–Trinajstić information content (AvgIpc) is 2.70. The van der Waals surface area contributed by atoms with Gasteiger partial charge in [-0.2, -0.15) is 0 Å². The summed E-state index contributed by atoms with van der Waals surface area (Å²) >= 11 is 0. The zero-order valence-electron chi connectivity index (χ0n) is 10.8. The Morgan fingerprint density at radius 1 is 1.31 bits per heavy atom. The Hall–Kier alpha value is -0.570. The van der Waals surface area contributed by atoms with Crippen molar-refractivity contribution in [3.05, 3.63) is 0 Å². The third kappa shape index (κ3) is 4.97. The molecule has 0 unspecified atom stereocenters. The zero-order chi connectivity index (χ0) is 12.0. The van der Waals surface area contributed by atoms with Crippen molar-refractivity contribution in [1.82, 2.24) is 4.90 Å². The molecule has 1 aliphatic carbocycles. The van der Waals surface area contributed by atoms with Crippen molar-refractivity contribution in [2.24, 2.45) is 11.7 Å². The van der Waals surface area contributed by atoms with E-state index < -0.39 is 0 Å². The van der Waals surface area contributed by atoms with Crippen LogP contribution in [0.1, 0.15) is 52.4 Å². The molecule has 3 heteroatoms. The molecule has 0 aromatic carbocycles. The lowest BCUT2D eigenvalue weighted by atomic mass is 10.1. The molecule has 16 heavy (non-hydrogen) atoms. The van der Waals surface area contributed by atoms with E-state index in [4.69, 9.17) is 11.1 Å². The quantitative estimate of drug-likeness (QED) is 0.517. The summed E-state index contributed by atoms with van der Waals surface area (Å²) in [7, 11) is 0. The Morgan fingerprint density at radius 2 is 1.94 bits per heavy atom. The molecule has 94 valence electrons. The van der Waals surface area contributed by atoms with E-state index in [2.05, 4.69) is 18.7 Å². The maximum Gasteiger partial charge on any atom is 0.0918 e. The standard InChI is InChI=1S/C13H27N3/c1-11(2)7-9-16(10-8-13(14)15)12-5-3-4-6-12/h11-12H,3-10H2,1-2H3,(H3,14,15). The van der Waals surface area contributed by atoms with Crippen LogP contribution in [-0.2, 0) is 0 Å². The van der Waals surface area contributed by atoms with E-state index in [-0.39, 0.29) is 0 Å². The lowest BCUT2D eigenvalue weighted by Gasteiger charge is -2.29. The van der Waals surface area contributed by atoms with Gasteiger partial charge in [-0.05, 0) is 31.7 Å². The molecule has 0 atom stereocenters. The molecule has 1 fully saturated rings. The zero-order valence-corrected chi connectivity index (χ0v) is 10.8. The van der Waals surface area contributed by atoms with E-state index in [9.17, 15) is 0 Å². The SMILES string of the molecule is CC(C)CCN(CCC(=N)N)C1CCCC1. The highest BCUT2D eigenvalue weighted by Crippen LogP contribution is 2.24. The highest BCUT2D eigenvalue weighted by molar-refractivity contribution is 5.76. The van der Waals surface area contributed by atoms with Crippen LogP contribution in [0, 0.1) is 11.3 Å². The monoisotopic (exact) mass is 225 g/mol. The van der Waals surface area contributed by atoms with Gasteiger partial charge in [0, 0.05) is 19.0 Å². The molecule has 0 radical (unpaired) electrons. The van der Waals surface area contributed by atoms with Gasteiger partial charge in [0.25, 0.3) is 0 Å². The smallest absolute Gasteiger partial charge is 0.0918 e. The Morgan fingerprint density at radius 3 is 2.44 bits per heavy atom. The molecule has 0 amide bonds. The third-order valence-corrected chi connectivity index (χ3v) is 3.50. The molecule has 0 aromatic heterocycles. The van der Waals surface area contributed by atoms with E-state index in [0.29, 0.717) is 5.84 Å². The first-order valence-corrected chi connectivity index (χ1v) is 6.66. The van der Waals surface area contributed by atoms with Gasteiger partial charge >= 0.3 is 0 Å². The van der Waals surface area contributed by atoms with Gasteiger partial charge in [0.1, 0.15) is 0 Å². The molecule has 0 aromatic rings. The van der Waals surface area contributed by atoms with Crippen LogP contribution in [0.25, 0.3) is 0 Å². The van der Waals surface area contributed by atoms with Gasteiger partial charge in [0.2, 0.25) is 0 Å². The predicted octanol–water partition coefficient (Wildman–Crippen LogP) is 2.60. The first-order valence-electron chi connectivity index (χ1n) is 6.66. The molecule has 1 saturated carbocycles. The van der Waals surface area contributed by atoms with Crippen molar-refractivity contribution in [2.75, 3.05) is 13.1 Å². The van der Waals surface area contributed by atoms with Crippen molar-refractivity contribution in [3.63, 3.8) is 0 Å². The Labute approximate surface area is 99.9 Å². The summed E-state index contributed by atoms with van der Waals surface area (Å²) in [5.41, 5.74) is 5.45. The van der Waals surface area contributed by atoms with Gasteiger partial charge in [-0.15, -0.1) is 0 Å². The average molecular weight is 225 g/mol. The van der Waals surface area contributed by atoms with Crippen LogP contribution in [0.15, 0.2) is 0 Å². The van der Waals surface area contributed by atoms with E-state index in [1.54, 1.807) is 0 Å². The van der Waals surface area contributed by atoms with Gasteiger partial charge in [-0.3, -0.25) is 10.3 Å². The highest BCUT2D eigenvalue weighted by atomic mass is 15.2. The summed E-state index contributed by atoms with van der Waals surface area (Å²) in [6, 6.07) is 0.762. The first kappa shape index (κ1) is 13.5. The van der Waals surface area contributed by atoms with Gasteiger partial charge in [0.05, 0.1) is 5.84 Å². The number of nitrogens with one attached hydrogen (secondary N) is 1. The summed E-state index contributed by atoms with van der Waals surface area (Å²) < 4.78 is 0. The van der Waals surface area contributed by atoms with Crippen LogP contribution in [0.3, 0.4) is 0 Å². The van der Waals surface area contributed by atoms with Gasteiger partial charge in [-0.1, -0.05) is 26.7 Å². The summed E-state index contributed by atoms with van der Waals surface area (Å²) in [5, 5.41) is 7.33. The summed E-state index contributed by atoms with van der Waals surface area (Å²) in [6.07, 6.45) is 7.43. The Bertz CT molecular complexity index is 207. The molecule has 3 N–H and O–H groups in total. The van der Waals surface area contributed by atoms with Crippen molar-refractivity contribution in [2.45, 2.75) is 58.4 Å². The van der Waals surface area contributed by atoms with Crippen molar-refractivity contribution >= 4 is 5.84 Å². The fourth-order valence-electron chi connectivity index (χ4n) is 2.43. The first-order chi connectivity index (χ1) is 7.59. The maximum atomic E-state index is 7.33. The van der Waals surface area contributed by atoms with Crippen LogP contribution < -0.4 is 5.73 Å². The molecule has 0 saturated heterocycles. The van der Waals surface area contributed by atoms with Crippen molar-refractivity contribution in [1.29, 1.82) is 5.41 Å². The van der Waals surface area contributed by atoms with Gasteiger partial charge < -0.3 is 5.73 Å². The molecular formula is C13H27N3. The summed E-state index contributed by atoms with van der Waals surface area (Å²) in [4.78, 5) is 2.56. The van der Waals surface area contributed by atoms with Gasteiger partial charge in [0.15, 0.2) is 0 Å². The number of hydrogen-bond acceptors (Lipinski definition) is 2. The second-order valence-corrected chi connectivity index (χ2v) is 5.43. The highest BCUT2D eigenvalue weighted by Gasteiger charge is 2.22. The number of nitrogens with zero attached hydrogens (tertiary/aromatic N) is 1. The number of hydrogen-bond donors (Lipinski definition) is 2. The summed E-state index contributed by atoms with van der Waals surface area (Å²) in [5.74, 6) is 1.09. The Balaban J connectivity index is 2.36. The lowest BCUT2D eigenvalue weighted by Crippen LogP contribution is -2.37.